The molecule has 0 aromatic heterocycles. The van der Waals surface area contributed by atoms with Crippen LogP contribution in [0.3, 0.4) is 0 Å². The zero-order valence-electron chi connectivity index (χ0n) is 6.51. The van der Waals surface area contributed by atoms with Crippen LogP contribution in [0.1, 0.15) is 0 Å². The number of halogens is 1. The minimum absolute atomic E-state index is 0. The molecule has 58 valence electrons. The van der Waals surface area contributed by atoms with Crippen LogP contribution in [0.5, 0.6) is 0 Å². The van der Waals surface area contributed by atoms with Crippen LogP contribution in [0, 0.1) is 4.83 Å². The van der Waals surface area contributed by atoms with Crippen molar-refractivity contribution in [3.05, 3.63) is 4.83 Å². The Bertz CT molecular complexity index is 133. The molecule has 0 atom stereocenters. The van der Waals surface area contributed by atoms with Gasteiger partial charge in [0.25, 0.3) is 0 Å². The van der Waals surface area contributed by atoms with E-state index >= 15 is 0 Å². The predicted molar refractivity (Wildman–Crippen MR) is 36.2 cm³/mol. The molecule has 0 bridgehead atoms. The number of ether oxygens (including phenoxy) is 2. The summed E-state index contributed by atoms with van der Waals surface area (Å²) in [5.74, 6) is -1.49. The first-order chi connectivity index (χ1) is 4.63. The van der Waals surface area contributed by atoms with Gasteiger partial charge in [0.2, 0.25) is 0 Å². The van der Waals surface area contributed by atoms with Gasteiger partial charge in [-0.05, 0) is 0 Å². The van der Waals surface area contributed by atoms with Crippen LogP contribution < -0.4 is 29.6 Å². The molecule has 6 heteroatoms. The third kappa shape index (κ3) is 4.68. The molecule has 4 nitrogen and oxygen atoms in total. The summed E-state index contributed by atoms with van der Waals surface area (Å²) in [6.45, 7) is 0. The van der Waals surface area contributed by atoms with Gasteiger partial charge in [0.1, 0.15) is 0 Å². The van der Waals surface area contributed by atoms with E-state index in [2.05, 4.69) is 25.4 Å². The fourth-order valence-electron chi connectivity index (χ4n) is 0.263. The molecular formula is C5H6BrNaO4. The van der Waals surface area contributed by atoms with Crippen LogP contribution >= 0.6 is 15.9 Å². The van der Waals surface area contributed by atoms with E-state index in [0.717, 1.165) is 0 Å². The molecule has 0 aromatic carbocycles. The standard InChI is InChI=1S/C5H6BrO4.Na/c1-9-4(7)3(6)5(8)10-2;/h1-2H3;/q-1;+1. The molecule has 0 aliphatic heterocycles. The average Bonchev–Trinajstić information content (AvgIpc) is 2.00. The SMILES string of the molecule is COC(=O)[C-](Br)C(=O)OC.[Na+]. The Balaban J connectivity index is 0. The fourth-order valence-corrected chi connectivity index (χ4v) is 0.586. The molecule has 0 spiro atoms. The van der Waals surface area contributed by atoms with Crippen molar-refractivity contribution in [1.82, 2.24) is 0 Å². The first-order valence-electron chi connectivity index (χ1n) is 2.32. The van der Waals surface area contributed by atoms with E-state index in [1.54, 1.807) is 0 Å². The molecule has 0 unspecified atom stereocenters. The maximum atomic E-state index is 10.5. The minimum Gasteiger partial charge on any atom is -0.490 e. The van der Waals surface area contributed by atoms with E-state index in [9.17, 15) is 9.59 Å². The zero-order chi connectivity index (χ0) is 8.15. The first-order valence-corrected chi connectivity index (χ1v) is 3.11. The van der Waals surface area contributed by atoms with Crippen LogP contribution in [0.4, 0.5) is 0 Å². The van der Waals surface area contributed by atoms with Gasteiger partial charge in [-0.3, -0.25) is 25.5 Å². The molecule has 0 radical (unpaired) electrons. The second kappa shape index (κ2) is 6.97. The molecule has 0 N–H and O–H groups in total. The van der Waals surface area contributed by atoms with Crippen molar-refractivity contribution in [2.45, 2.75) is 0 Å². The fraction of sp³-hybridized carbons (Fsp3) is 0.400. The largest absolute Gasteiger partial charge is 1.00 e. The molecule has 0 saturated carbocycles. The number of esters is 2. The molecule has 0 aliphatic rings. The Morgan fingerprint density at radius 3 is 1.64 bits per heavy atom. The summed E-state index contributed by atoms with van der Waals surface area (Å²) >= 11 is 2.70. The Kier molecular flexibility index (Phi) is 8.77. The van der Waals surface area contributed by atoms with Crippen molar-refractivity contribution in [2.75, 3.05) is 14.2 Å². The second-order valence-corrected chi connectivity index (χ2v) is 2.09. The quantitative estimate of drug-likeness (QED) is 0.225. The van der Waals surface area contributed by atoms with Gasteiger partial charge in [-0.2, -0.15) is 0 Å². The smallest absolute Gasteiger partial charge is 0.490 e. The van der Waals surface area contributed by atoms with Gasteiger partial charge < -0.3 is 9.47 Å². The Hall–Kier alpha value is 0.290. The maximum Gasteiger partial charge on any atom is 1.00 e. The maximum absolute atomic E-state index is 10.5. The van der Waals surface area contributed by atoms with Crippen molar-refractivity contribution >= 4 is 27.9 Å². The van der Waals surface area contributed by atoms with E-state index in [1.165, 1.54) is 14.2 Å². The number of hydrogen-bond acceptors (Lipinski definition) is 4. The molecule has 0 aliphatic carbocycles. The Morgan fingerprint density at radius 1 is 1.18 bits per heavy atom. The van der Waals surface area contributed by atoms with E-state index < -0.39 is 11.9 Å². The summed E-state index contributed by atoms with van der Waals surface area (Å²) in [5.41, 5.74) is 0. The number of methoxy groups -OCH3 is 2. The topological polar surface area (TPSA) is 52.6 Å². The summed E-state index contributed by atoms with van der Waals surface area (Å²) < 4.78 is 8.42. The third-order valence-electron chi connectivity index (χ3n) is 0.729. The summed E-state index contributed by atoms with van der Waals surface area (Å²) in [6.07, 6.45) is 0. The predicted octanol–water partition coefficient (Wildman–Crippen LogP) is -2.74. The van der Waals surface area contributed by atoms with Crippen LogP contribution in [0.15, 0.2) is 0 Å². The monoisotopic (exact) mass is 232 g/mol. The molecule has 11 heavy (non-hydrogen) atoms. The zero-order valence-corrected chi connectivity index (χ0v) is 10.1. The second-order valence-electron chi connectivity index (χ2n) is 1.30. The van der Waals surface area contributed by atoms with Gasteiger partial charge in [-0.25, -0.2) is 0 Å². The van der Waals surface area contributed by atoms with Gasteiger partial charge in [0.05, 0.1) is 14.2 Å². The summed E-state index contributed by atoms with van der Waals surface area (Å²) in [6, 6.07) is 0. The molecular weight excluding hydrogens is 227 g/mol. The normalized spacial score (nSPS) is 7.55. The third-order valence-corrected chi connectivity index (χ3v) is 1.38. The average molecular weight is 233 g/mol. The summed E-state index contributed by atoms with van der Waals surface area (Å²) in [5, 5.41) is 0. The van der Waals surface area contributed by atoms with Crippen LogP contribution in [0.25, 0.3) is 0 Å². The van der Waals surface area contributed by atoms with Gasteiger partial charge >= 0.3 is 29.6 Å². The van der Waals surface area contributed by atoms with Gasteiger partial charge in [0.15, 0.2) is 11.9 Å². The first kappa shape index (κ1) is 13.9. The molecule has 0 amide bonds. The van der Waals surface area contributed by atoms with Gasteiger partial charge in [-0.1, -0.05) is 0 Å². The van der Waals surface area contributed by atoms with Crippen molar-refractivity contribution in [1.29, 1.82) is 0 Å². The van der Waals surface area contributed by atoms with Crippen LogP contribution in [-0.4, -0.2) is 26.2 Å². The van der Waals surface area contributed by atoms with Crippen molar-refractivity contribution in [3.8, 4) is 0 Å². The van der Waals surface area contributed by atoms with Crippen molar-refractivity contribution < 1.29 is 48.6 Å². The Labute approximate surface area is 95.0 Å². The van der Waals surface area contributed by atoms with Crippen molar-refractivity contribution in [2.24, 2.45) is 0 Å². The van der Waals surface area contributed by atoms with Crippen molar-refractivity contribution in [3.63, 3.8) is 0 Å². The minimum atomic E-state index is -0.744. The molecule has 0 aromatic rings. The number of rotatable bonds is 2. The Morgan fingerprint density at radius 2 is 1.45 bits per heavy atom. The van der Waals surface area contributed by atoms with E-state index in [0.29, 0.717) is 0 Å². The van der Waals surface area contributed by atoms with E-state index in [-0.39, 0.29) is 34.4 Å². The number of carbonyl (C=O) groups excluding carboxylic acids is 2. The van der Waals surface area contributed by atoms with Gasteiger partial charge in [0, 0.05) is 0 Å². The van der Waals surface area contributed by atoms with Crippen LogP contribution in [0.2, 0.25) is 0 Å². The number of hydrogen-bond donors (Lipinski definition) is 0. The van der Waals surface area contributed by atoms with E-state index in [1.807, 2.05) is 0 Å². The van der Waals surface area contributed by atoms with Gasteiger partial charge in [-0.15, -0.1) is 4.83 Å². The van der Waals surface area contributed by atoms with Crippen LogP contribution in [-0.2, 0) is 19.1 Å². The summed E-state index contributed by atoms with van der Waals surface area (Å²) in [4.78, 5) is 20.8. The number of carbonyl (C=O) groups is 2. The summed E-state index contributed by atoms with van der Waals surface area (Å²) in [7, 11) is 2.35. The molecule has 0 saturated heterocycles. The van der Waals surface area contributed by atoms with E-state index in [4.69, 9.17) is 0 Å². The molecule has 0 fully saturated rings. The molecule has 0 rings (SSSR count). The molecule has 0 heterocycles.